The minimum Gasteiger partial charge on any atom is -0.431 e. The fourth-order valence-electron chi connectivity index (χ4n) is 3.74. The van der Waals surface area contributed by atoms with Crippen LogP contribution in [0.2, 0.25) is 0 Å². The van der Waals surface area contributed by atoms with Crippen molar-refractivity contribution < 1.29 is 9.21 Å². The third kappa shape index (κ3) is 3.80. The van der Waals surface area contributed by atoms with Crippen LogP contribution in [0.4, 0.5) is 0 Å². The van der Waals surface area contributed by atoms with E-state index in [4.69, 9.17) is 4.42 Å². The zero-order valence-electron chi connectivity index (χ0n) is 16.9. The Balaban J connectivity index is 1.26. The SMILES string of the molecule is CCn1c2ccccc2c2cc(/C=N\NC(=O)CSc3nc4ccccc4o3)ccc21. The van der Waals surface area contributed by atoms with Crippen LogP contribution in [-0.2, 0) is 11.3 Å². The minimum absolute atomic E-state index is 0.174. The van der Waals surface area contributed by atoms with Crippen LogP contribution in [0.15, 0.2) is 81.5 Å². The van der Waals surface area contributed by atoms with Gasteiger partial charge in [0.2, 0.25) is 0 Å². The number of hydrogen-bond donors (Lipinski definition) is 1. The molecule has 2 aromatic heterocycles. The van der Waals surface area contributed by atoms with Crippen LogP contribution in [0.25, 0.3) is 32.9 Å². The van der Waals surface area contributed by atoms with E-state index in [9.17, 15) is 4.79 Å². The number of hydrogen-bond acceptors (Lipinski definition) is 5. The molecule has 0 radical (unpaired) electrons. The zero-order valence-corrected chi connectivity index (χ0v) is 17.7. The monoisotopic (exact) mass is 428 g/mol. The van der Waals surface area contributed by atoms with Gasteiger partial charge in [-0.1, -0.05) is 48.2 Å². The molecule has 0 bridgehead atoms. The van der Waals surface area contributed by atoms with Gasteiger partial charge in [0.1, 0.15) is 5.52 Å². The maximum atomic E-state index is 12.1. The van der Waals surface area contributed by atoms with Crippen molar-refractivity contribution in [1.82, 2.24) is 15.0 Å². The van der Waals surface area contributed by atoms with E-state index in [1.54, 1.807) is 6.21 Å². The predicted octanol–water partition coefficient (Wildman–Crippen LogP) is 5.20. The first kappa shape index (κ1) is 19.4. The minimum atomic E-state index is -0.216. The number of fused-ring (bicyclic) bond motifs is 4. The molecular formula is C24H20N4O2S. The number of oxazole rings is 1. The topological polar surface area (TPSA) is 72.4 Å². The van der Waals surface area contributed by atoms with E-state index in [1.165, 1.54) is 33.6 Å². The Kier molecular flexibility index (Phi) is 5.18. The Morgan fingerprint density at radius 3 is 2.77 bits per heavy atom. The third-order valence-corrected chi connectivity index (χ3v) is 5.94. The fraction of sp³-hybridized carbons (Fsp3) is 0.125. The largest absolute Gasteiger partial charge is 0.431 e. The standard InChI is InChI=1S/C24H20N4O2S/c1-2-28-20-9-5-3-7-17(20)18-13-16(11-12-21(18)28)14-25-27-23(29)15-31-24-26-19-8-4-6-10-22(19)30-24/h3-14H,2,15H2,1H3,(H,27,29)/b25-14-. The van der Waals surface area contributed by atoms with Gasteiger partial charge in [-0.3, -0.25) is 4.79 Å². The van der Waals surface area contributed by atoms with Crippen molar-refractivity contribution in [3.05, 3.63) is 72.3 Å². The average molecular weight is 429 g/mol. The zero-order chi connectivity index (χ0) is 21.2. The van der Waals surface area contributed by atoms with Crippen molar-refractivity contribution in [3.8, 4) is 0 Å². The molecule has 6 nitrogen and oxygen atoms in total. The summed E-state index contributed by atoms with van der Waals surface area (Å²) in [6.07, 6.45) is 1.67. The lowest BCUT2D eigenvalue weighted by Gasteiger charge is -2.02. The van der Waals surface area contributed by atoms with Crippen LogP contribution in [0.5, 0.6) is 0 Å². The molecule has 0 atom stereocenters. The lowest BCUT2D eigenvalue weighted by Crippen LogP contribution is -2.19. The Labute approximate surface area is 182 Å². The molecule has 5 rings (SSSR count). The Hall–Kier alpha value is -3.58. The number of thioether (sulfide) groups is 1. The second-order valence-corrected chi connectivity index (χ2v) is 7.99. The molecule has 7 heteroatoms. The van der Waals surface area contributed by atoms with Crippen LogP contribution in [0.3, 0.4) is 0 Å². The number of para-hydroxylation sites is 3. The number of amides is 1. The lowest BCUT2D eigenvalue weighted by molar-refractivity contribution is -0.118. The van der Waals surface area contributed by atoms with E-state index in [1.807, 2.05) is 30.3 Å². The molecule has 3 aromatic carbocycles. The van der Waals surface area contributed by atoms with Gasteiger partial charge in [0.15, 0.2) is 5.58 Å². The molecule has 1 amide bonds. The quantitative estimate of drug-likeness (QED) is 0.229. The first-order chi connectivity index (χ1) is 15.2. The van der Waals surface area contributed by atoms with Crippen molar-refractivity contribution in [1.29, 1.82) is 0 Å². The summed E-state index contributed by atoms with van der Waals surface area (Å²) in [5.41, 5.74) is 7.41. The molecule has 0 aliphatic heterocycles. The number of rotatable bonds is 6. The van der Waals surface area contributed by atoms with Gasteiger partial charge < -0.3 is 8.98 Å². The van der Waals surface area contributed by atoms with E-state index < -0.39 is 0 Å². The van der Waals surface area contributed by atoms with Crippen LogP contribution < -0.4 is 5.43 Å². The molecular weight excluding hydrogens is 408 g/mol. The average Bonchev–Trinajstić information content (AvgIpc) is 3.36. The summed E-state index contributed by atoms with van der Waals surface area (Å²) >= 11 is 1.24. The van der Waals surface area contributed by atoms with Crippen LogP contribution >= 0.6 is 11.8 Å². The summed E-state index contributed by atoms with van der Waals surface area (Å²) < 4.78 is 7.91. The third-order valence-electron chi connectivity index (χ3n) is 5.12. The second kappa shape index (κ2) is 8.28. The maximum absolute atomic E-state index is 12.1. The number of nitrogens with one attached hydrogen (secondary N) is 1. The van der Waals surface area contributed by atoms with Crippen molar-refractivity contribution in [2.45, 2.75) is 18.7 Å². The molecule has 0 unspecified atom stereocenters. The number of nitrogens with zero attached hydrogens (tertiary/aromatic N) is 3. The first-order valence-electron chi connectivity index (χ1n) is 10.0. The Morgan fingerprint density at radius 1 is 1.10 bits per heavy atom. The van der Waals surface area contributed by atoms with Gasteiger partial charge in [-0.05, 0) is 42.8 Å². The highest BCUT2D eigenvalue weighted by Gasteiger charge is 2.10. The predicted molar refractivity (Wildman–Crippen MR) is 126 cm³/mol. The van der Waals surface area contributed by atoms with E-state index in [2.05, 4.69) is 63.4 Å². The van der Waals surface area contributed by atoms with Crippen LogP contribution in [0, 0.1) is 0 Å². The van der Waals surface area contributed by atoms with E-state index in [0.29, 0.717) is 10.8 Å². The van der Waals surface area contributed by atoms with Gasteiger partial charge in [-0.2, -0.15) is 5.10 Å². The van der Waals surface area contributed by atoms with Crippen molar-refractivity contribution in [3.63, 3.8) is 0 Å². The molecule has 5 aromatic rings. The molecule has 2 heterocycles. The summed E-state index contributed by atoms with van der Waals surface area (Å²) in [7, 11) is 0. The summed E-state index contributed by atoms with van der Waals surface area (Å²) in [6.45, 7) is 3.06. The van der Waals surface area contributed by atoms with Gasteiger partial charge in [-0.15, -0.1) is 0 Å². The van der Waals surface area contributed by atoms with Gasteiger partial charge in [0.25, 0.3) is 11.1 Å². The number of aromatic nitrogens is 2. The van der Waals surface area contributed by atoms with Crippen molar-refractivity contribution >= 4 is 56.8 Å². The number of benzene rings is 3. The van der Waals surface area contributed by atoms with Gasteiger partial charge in [0, 0.05) is 28.4 Å². The summed E-state index contributed by atoms with van der Waals surface area (Å²) in [5.74, 6) is -0.0418. The Bertz CT molecular complexity index is 1400. The van der Waals surface area contributed by atoms with Crippen LogP contribution in [-0.4, -0.2) is 27.4 Å². The highest BCUT2D eigenvalue weighted by atomic mass is 32.2. The van der Waals surface area contributed by atoms with Crippen molar-refractivity contribution in [2.24, 2.45) is 5.10 Å². The highest BCUT2D eigenvalue weighted by Crippen LogP contribution is 2.29. The Morgan fingerprint density at radius 2 is 1.90 bits per heavy atom. The number of carbonyl (C=O) groups excluding carboxylic acids is 1. The van der Waals surface area contributed by atoms with Gasteiger partial charge >= 0.3 is 0 Å². The fourth-order valence-corrected chi connectivity index (χ4v) is 4.37. The van der Waals surface area contributed by atoms with Crippen molar-refractivity contribution in [2.75, 3.05) is 5.75 Å². The molecule has 154 valence electrons. The molecule has 0 aliphatic rings. The van der Waals surface area contributed by atoms with Crippen LogP contribution in [0.1, 0.15) is 12.5 Å². The maximum Gasteiger partial charge on any atom is 0.257 e. The first-order valence-corrected chi connectivity index (χ1v) is 11.0. The molecule has 0 saturated heterocycles. The highest BCUT2D eigenvalue weighted by molar-refractivity contribution is 7.99. The van der Waals surface area contributed by atoms with Gasteiger partial charge in [0.05, 0.1) is 12.0 Å². The van der Waals surface area contributed by atoms with E-state index >= 15 is 0 Å². The molecule has 0 saturated carbocycles. The smallest absolute Gasteiger partial charge is 0.257 e. The number of hydrazone groups is 1. The number of carbonyl (C=O) groups is 1. The summed E-state index contributed by atoms with van der Waals surface area (Å²) in [5, 5.41) is 6.98. The van der Waals surface area contributed by atoms with E-state index in [-0.39, 0.29) is 11.7 Å². The summed E-state index contributed by atoms with van der Waals surface area (Å²) in [6, 6.07) is 22.1. The molecule has 0 fully saturated rings. The lowest BCUT2D eigenvalue weighted by atomic mass is 10.1. The van der Waals surface area contributed by atoms with E-state index in [0.717, 1.165) is 17.6 Å². The summed E-state index contributed by atoms with van der Waals surface area (Å²) in [4.78, 5) is 16.5. The second-order valence-electron chi connectivity index (χ2n) is 7.07. The molecule has 31 heavy (non-hydrogen) atoms. The molecule has 0 aliphatic carbocycles. The molecule has 0 spiro atoms. The number of aryl methyl sites for hydroxylation is 1. The normalized spacial score (nSPS) is 11.8. The van der Waals surface area contributed by atoms with Gasteiger partial charge in [-0.25, -0.2) is 10.4 Å². The molecule has 1 N–H and O–H groups in total.